The predicted octanol–water partition coefficient (Wildman–Crippen LogP) is -0.442. The Morgan fingerprint density at radius 1 is 1.25 bits per heavy atom. The highest BCUT2D eigenvalue weighted by atomic mass is 32.2. The van der Waals surface area contributed by atoms with Crippen LogP contribution in [0.2, 0.25) is 0 Å². The standard InChI is InChI=1S/C9H14N4O2S/c1-16(14,15)13-7-5-12(6-8-13)9-3-2-4-10-11-9/h2-4H,5-8H2,1H3. The van der Waals surface area contributed by atoms with E-state index in [0.717, 1.165) is 5.82 Å². The van der Waals surface area contributed by atoms with Gasteiger partial charge in [0.25, 0.3) is 0 Å². The van der Waals surface area contributed by atoms with Gasteiger partial charge in [-0.1, -0.05) is 0 Å². The van der Waals surface area contributed by atoms with Gasteiger partial charge < -0.3 is 4.90 Å². The minimum atomic E-state index is -3.06. The Morgan fingerprint density at radius 3 is 2.44 bits per heavy atom. The first-order valence-corrected chi connectivity index (χ1v) is 6.90. The molecule has 0 atom stereocenters. The second-order valence-corrected chi connectivity index (χ2v) is 5.71. The fourth-order valence-corrected chi connectivity index (χ4v) is 2.54. The fourth-order valence-electron chi connectivity index (χ4n) is 1.71. The first-order chi connectivity index (χ1) is 7.57. The summed E-state index contributed by atoms with van der Waals surface area (Å²) in [5.41, 5.74) is 0. The van der Waals surface area contributed by atoms with Gasteiger partial charge in [0.2, 0.25) is 10.0 Å². The van der Waals surface area contributed by atoms with Crippen LogP contribution in [0.4, 0.5) is 5.82 Å². The molecule has 0 aliphatic carbocycles. The van der Waals surface area contributed by atoms with E-state index in [4.69, 9.17) is 0 Å². The van der Waals surface area contributed by atoms with Gasteiger partial charge in [0.15, 0.2) is 5.82 Å². The maximum absolute atomic E-state index is 11.3. The van der Waals surface area contributed by atoms with Crippen molar-refractivity contribution < 1.29 is 8.42 Å². The summed E-state index contributed by atoms with van der Waals surface area (Å²) in [4.78, 5) is 2.04. The van der Waals surface area contributed by atoms with Gasteiger partial charge >= 0.3 is 0 Å². The molecule has 0 radical (unpaired) electrons. The molecule has 1 aliphatic heterocycles. The molecule has 2 heterocycles. The van der Waals surface area contributed by atoms with E-state index in [1.807, 2.05) is 17.0 Å². The Bertz CT molecular complexity index is 440. The van der Waals surface area contributed by atoms with Crippen molar-refractivity contribution >= 4 is 15.8 Å². The molecule has 7 heteroatoms. The van der Waals surface area contributed by atoms with Gasteiger partial charge in [-0.25, -0.2) is 8.42 Å². The van der Waals surface area contributed by atoms with Crippen LogP contribution in [-0.2, 0) is 10.0 Å². The molecular weight excluding hydrogens is 228 g/mol. The van der Waals surface area contributed by atoms with Gasteiger partial charge in [-0.3, -0.25) is 0 Å². The molecule has 0 bridgehead atoms. The third-order valence-electron chi connectivity index (χ3n) is 2.59. The summed E-state index contributed by atoms with van der Waals surface area (Å²) in [5, 5.41) is 7.80. The van der Waals surface area contributed by atoms with Crippen molar-refractivity contribution in [2.45, 2.75) is 0 Å². The molecule has 1 fully saturated rings. The zero-order chi connectivity index (χ0) is 11.6. The van der Waals surface area contributed by atoms with Gasteiger partial charge in [0, 0.05) is 32.4 Å². The molecule has 0 spiro atoms. The van der Waals surface area contributed by atoms with Crippen molar-refractivity contribution in [3.05, 3.63) is 18.3 Å². The minimum absolute atomic E-state index is 0.509. The van der Waals surface area contributed by atoms with Crippen molar-refractivity contribution in [3.63, 3.8) is 0 Å². The van der Waals surface area contributed by atoms with Crippen molar-refractivity contribution in [2.75, 3.05) is 37.3 Å². The third-order valence-corrected chi connectivity index (χ3v) is 3.89. The largest absolute Gasteiger partial charge is 0.352 e. The topological polar surface area (TPSA) is 66.4 Å². The molecule has 1 saturated heterocycles. The maximum Gasteiger partial charge on any atom is 0.211 e. The maximum atomic E-state index is 11.3. The summed E-state index contributed by atoms with van der Waals surface area (Å²) in [6, 6.07) is 3.70. The van der Waals surface area contributed by atoms with Crippen LogP contribution in [0.1, 0.15) is 0 Å². The SMILES string of the molecule is CS(=O)(=O)N1CCN(c2cccnn2)CC1. The molecular formula is C9H14N4O2S. The Morgan fingerprint density at radius 2 is 1.94 bits per heavy atom. The van der Waals surface area contributed by atoms with Crippen LogP contribution in [0.25, 0.3) is 0 Å². The number of nitrogens with zero attached hydrogens (tertiary/aromatic N) is 4. The predicted molar refractivity (Wildman–Crippen MR) is 60.7 cm³/mol. The lowest BCUT2D eigenvalue weighted by atomic mass is 10.3. The number of aromatic nitrogens is 2. The third kappa shape index (κ3) is 2.48. The summed E-state index contributed by atoms with van der Waals surface area (Å²) < 4.78 is 24.1. The summed E-state index contributed by atoms with van der Waals surface area (Å²) in [7, 11) is -3.06. The van der Waals surface area contributed by atoms with Crippen LogP contribution in [0.15, 0.2) is 18.3 Å². The number of sulfonamides is 1. The summed E-state index contributed by atoms with van der Waals surface area (Å²) in [6.45, 7) is 2.34. The molecule has 0 N–H and O–H groups in total. The number of hydrogen-bond acceptors (Lipinski definition) is 5. The van der Waals surface area contributed by atoms with Gasteiger partial charge in [-0.15, -0.1) is 5.10 Å². The molecule has 1 aromatic heterocycles. The smallest absolute Gasteiger partial charge is 0.211 e. The molecule has 6 nitrogen and oxygen atoms in total. The zero-order valence-corrected chi connectivity index (χ0v) is 9.89. The van der Waals surface area contributed by atoms with Gasteiger partial charge in [0.1, 0.15) is 0 Å². The second kappa shape index (κ2) is 4.34. The Labute approximate surface area is 94.9 Å². The van der Waals surface area contributed by atoms with Crippen LogP contribution in [0.3, 0.4) is 0 Å². The lowest BCUT2D eigenvalue weighted by molar-refractivity contribution is 0.386. The molecule has 88 valence electrons. The molecule has 0 amide bonds. The van der Waals surface area contributed by atoms with E-state index in [2.05, 4.69) is 10.2 Å². The van der Waals surface area contributed by atoms with Crippen molar-refractivity contribution in [3.8, 4) is 0 Å². The quantitative estimate of drug-likeness (QED) is 0.703. The summed E-state index contributed by atoms with van der Waals surface area (Å²) in [6.07, 6.45) is 2.86. The van der Waals surface area contributed by atoms with Crippen LogP contribution >= 0.6 is 0 Å². The molecule has 0 aromatic carbocycles. The molecule has 2 rings (SSSR count). The monoisotopic (exact) mass is 242 g/mol. The number of anilines is 1. The van der Waals surface area contributed by atoms with Crippen LogP contribution in [0, 0.1) is 0 Å². The Kier molecular flexibility index (Phi) is 3.06. The highest BCUT2D eigenvalue weighted by Gasteiger charge is 2.23. The Balaban J connectivity index is 2.01. The highest BCUT2D eigenvalue weighted by Crippen LogP contribution is 2.12. The first-order valence-electron chi connectivity index (χ1n) is 5.05. The molecule has 16 heavy (non-hydrogen) atoms. The van der Waals surface area contributed by atoms with E-state index in [0.29, 0.717) is 26.2 Å². The van der Waals surface area contributed by atoms with E-state index in [1.54, 1.807) is 6.20 Å². The van der Waals surface area contributed by atoms with Crippen molar-refractivity contribution in [1.82, 2.24) is 14.5 Å². The number of piperazine rings is 1. The lowest BCUT2D eigenvalue weighted by Crippen LogP contribution is -2.48. The molecule has 0 unspecified atom stereocenters. The van der Waals surface area contributed by atoms with Crippen molar-refractivity contribution in [2.24, 2.45) is 0 Å². The van der Waals surface area contributed by atoms with Gasteiger partial charge in [-0.2, -0.15) is 9.40 Å². The molecule has 0 saturated carbocycles. The first kappa shape index (κ1) is 11.3. The molecule has 1 aliphatic rings. The average molecular weight is 242 g/mol. The van der Waals surface area contributed by atoms with Gasteiger partial charge in [0.05, 0.1) is 6.26 Å². The van der Waals surface area contributed by atoms with E-state index >= 15 is 0 Å². The van der Waals surface area contributed by atoms with Crippen LogP contribution < -0.4 is 4.90 Å². The van der Waals surface area contributed by atoms with Crippen LogP contribution in [-0.4, -0.2) is 55.4 Å². The van der Waals surface area contributed by atoms with E-state index in [1.165, 1.54) is 10.6 Å². The average Bonchev–Trinajstić information content (AvgIpc) is 2.29. The number of rotatable bonds is 2. The summed E-state index contributed by atoms with van der Waals surface area (Å²) >= 11 is 0. The zero-order valence-electron chi connectivity index (χ0n) is 9.07. The fraction of sp³-hybridized carbons (Fsp3) is 0.556. The van der Waals surface area contributed by atoms with E-state index in [-0.39, 0.29) is 0 Å². The summed E-state index contributed by atoms with van der Waals surface area (Å²) in [5.74, 6) is 0.802. The van der Waals surface area contributed by atoms with Gasteiger partial charge in [-0.05, 0) is 12.1 Å². The number of hydrogen-bond donors (Lipinski definition) is 0. The van der Waals surface area contributed by atoms with E-state index < -0.39 is 10.0 Å². The normalized spacial score (nSPS) is 18.7. The van der Waals surface area contributed by atoms with Crippen molar-refractivity contribution in [1.29, 1.82) is 0 Å². The lowest BCUT2D eigenvalue weighted by Gasteiger charge is -2.33. The molecule has 1 aromatic rings. The minimum Gasteiger partial charge on any atom is -0.352 e. The van der Waals surface area contributed by atoms with Crippen LogP contribution in [0.5, 0.6) is 0 Å². The van der Waals surface area contributed by atoms with E-state index in [9.17, 15) is 8.42 Å². The Hall–Kier alpha value is -1.21. The second-order valence-electron chi connectivity index (χ2n) is 3.73. The highest BCUT2D eigenvalue weighted by molar-refractivity contribution is 7.88.